The molecular formula is C21H24N4O5S3. The van der Waals surface area contributed by atoms with Crippen LogP contribution in [-0.2, 0) is 26.5 Å². The summed E-state index contributed by atoms with van der Waals surface area (Å²) >= 11 is 0.964. The minimum absolute atomic E-state index is 0.0679. The molecule has 12 heteroatoms. The number of nitrogens with one attached hydrogen (secondary N) is 1. The number of hydrogen-bond acceptors (Lipinski definition) is 8. The van der Waals surface area contributed by atoms with Crippen LogP contribution >= 0.6 is 11.8 Å². The highest BCUT2D eigenvalue weighted by Gasteiger charge is 2.26. The van der Waals surface area contributed by atoms with Gasteiger partial charge in [-0.15, -0.1) is 10.2 Å². The van der Waals surface area contributed by atoms with Crippen molar-refractivity contribution in [3.05, 3.63) is 59.7 Å². The lowest BCUT2D eigenvalue weighted by Crippen LogP contribution is -2.18. The summed E-state index contributed by atoms with van der Waals surface area (Å²) in [5.41, 5.74) is 2.24. The van der Waals surface area contributed by atoms with Crippen molar-refractivity contribution in [2.75, 3.05) is 17.2 Å². The predicted molar refractivity (Wildman–Crippen MR) is 130 cm³/mol. The summed E-state index contributed by atoms with van der Waals surface area (Å²) < 4.78 is 51.4. The number of sulfonamides is 1. The lowest BCUT2D eigenvalue weighted by molar-refractivity contribution is 0.0994. The first-order valence-corrected chi connectivity index (χ1v) is 14.5. The molecule has 1 aromatic heterocycles. The molecule has 9 nitrogen and oxygen atoms in total. The molecule has 0 bridgehead atoms. The Morgan fingerprint density at radius 1 is 1.06 bits per heavy atom. The fraction of sp³-hybridized carbons (Fsp3) is 0.286. The fourth-order valence-electron chi connectivity index (χ4n) is 3.09. The number of carbonyl (C=O) groups excluding carboxylic acids is 1. The van der Waals surface area contributed by atoms with E-state index in [2.05, 4.69) is 14.9 Å². The van der Waals surface area contributed by atoms with Crippen molar-refractivity contribution in [3.8, 4) is 11.4 Å². The van der Waals surface area contributed by atoms with Gasteiger partial charge in [0, 0.05) is 16.8 Å². The van der Waals surface area contributed by atoms with Crippen LogP contribution in [0.3, 0.4) is 0 Å². The molecule has 2 aromatic carbocycles. The Bertz CT molecular complexity index is 1380. The van der Waals surface area contributed by atoms with E-state index in [-0.39, 0.29) is 28.0 Å². The maximum absolute atomic E-state index is 13.0. The number of ketones is 1. The number of thioether (sulfide) groups is 1. The summed E-state index contributed by atoms with van der Waals surface area (Å²) in [4.78, 5) is 13.0. The second-order valence-corrected chi connectivity index (χ2v) is 12.4. The minimum Gasteiger partial charge on any atom is -0.293 e. The number of hydrogen-bond donors (Lipinski definition) is 1. The van der Waals surface area contributed by atoms with Crippen molar-refractivity contribution in [2.24, 2.45) is 0 Å². The first kappa shape index (κ1) is 24.9. The zero-order chi connectivity index (χ0) is 24.4. The fourth-order valence-corrected chi connectivity index (χ4v) is 5.79. The summed E-state index contributed by atoms with van der Waals surface area (Å²) in [7, 11) is -7.26. The Kier molecular flexibility index (Phi) is 7.29. The number of Topliss-reactive ketones (excluding diaryl/α,β-unsaturated/α-hetero) is 1. The molecule has 0 saturated carbocycles. The zero-order valence-electron chi connectivity index (χ0n) is 18.5. The summed E-state index contributed by atoms with van der Waals surface area (Å²) in [6, 6.07) is 13.5. The van der Waals surface area contributed by atoms with Crippen LogP contribution in [-0.4, -0.2) is 54.6 Å². The number of benzene rings is 2. The maximum atomic E-state index is 13.0. The third kappa shape index (κ3) is 6.21. The van der Waals surface area contributed by atoms with E-state index >= 15 is 0 Å². The largest absolute Gasteiger partial charge is 0.293 e. The second kappa shape index (κ2) is 9.65. The average Bonchev–Trinajstić information content (AvgIpc) is 3.16. The summed E-state index contributed by atoms with van der Waals surface area (Å²) in [6.07, 6.45) is 2.92. The third-order valence-electron chi connectivity index (χ3n) is 4.65. The summed E-state index contributed by atoms with van der Waals surface area (Å²) in [6.45, 7) is 3.65. The SMILES string of the molecule is CCc1ccc(-c2nnc(SC(C)C(=O)c3cccc(NS(C)(=O)=O)c3)n2S(C)(=O)=O)cc1. The van der Waals surface area contributed by atoms with Crippen LogP contribution in [0.5, 0.6) is 0 Å². The van der Waals surface area contributed by atoms with Gasteiger partial charge in [-0.3, -0.25) is 9.52 Å². The third-order valence-corrected chi connectivity index (χ3v) is 7.42. The van der Waals surface area contributed by atoms with Crippen molar-refractivity contribution in [2.45, 2.75) is 30.7 Å². The second-order valence-electron chi connectivity index (χ2n) is 7.46. The Labute approximate surface area is 197 Å². The Balaban J connectivity index is 1.91. The molecule has 0 spiro atoms. The quantitative estimate of drug-likeness (QED) is 0.345. The monoisotopic (exact) mass is 508 g/mol. The Morgan fingerprint density at radius 2 is 1.73 bits per heavy atom. The molecule has 1 unspecified atom stereocenters. The van der Waals surface area contributed by atoms with Crippen LogP contribution in [0.2, 0.25) is 0 Å². The van der Waals surface area contributed by atoms with Crippen molar-refractivity contribution >= 4 is 43.3 Å². The first-order valence-electron chi connectivity index (χ1n) is 9.93. The molecule has 0 radical (unpaired) electrons. The zero-order valence-corrected chi connectivity index (χ0v) is 21.0. The van der Waals surface area contributed by atoms with Crippen molar-refractivity contribution in [1.29, 1.82) is 0 Å². The standard InChI is InChI=1S/C21H24N4O5S3/c1-5-15-9-11-16(12-10-15)20-22-23-21(25(20)33(4,29)30)31-14(2)19(26)17-7-6-8-18(13-17)24-32(3,27)28/h6-14,24H,5H2,1-4H3. The maximum Gasteiger partial charge on any atom is 0.239 e. The van der Waals surface area contributed by atoms with Gasteiger partial charge in [0.2, 0.25) is 25.2 Å². The molecular weight excluding hydrogens is 484 g/mol. The van der Waals surface area contributed by atoms with E-state index in [1.807, 2.05) is 19.1 Å². The molecule has 0 aliphatic rings. The van der Waals surface area contributed by atoms with E-state index in [1.54, 1.807) is 31.2 Å². The molecule has 33 heavy (non-hydrogen) atoms. The smallest absolute Gasteiger partial charge is 0.239 e. The molecule has 1 N–H and O–H groups in total. The molecule has 0 aliphatic heterocycles. The average molecular weight is 509 g/mol. The molecule has 1 atom stereocenters. The van der Waals surface area contributed by atoms with Gasteiger partial charge in [0.1, 0.15) is 0 Å². The van der Waals surface area contributed by atoms with Crippen molar-refractivity contribution < 1.29 is 21.6 Å². The normalized spacial score (nSPS) is 13.0. The number of rotatable bonds is 9. The van der Waals surface area contributed by atoms with E-state index in [0.717, 1.165) is 40.2 Å². The lowest BCUT2D eigenvalue weighted by Gasteiger charge is -2.12. The van der Waals surface area contributed by atoms with E-state index in [1.165, 1.54) is 12.1 Å². The lowest BCUT2D eigenvalue weighted by atomic mass is 10.1. The van der Waals surface area contributed by atoms with E-state index in [0.29, 0.717) is 5.56 Å². The van der Waals surface area contributed by atoms with E-state index in [9.17, 15) is 21.6 Å². The van der Waals surface area contributed by atoms with Gasteiger partial charge in [0.25, 0.3) is 0 Å². The van der Waals surface area contributed by atoms with Gasteiger partial charge >= 0.3 is 0 Å². The molecule has 0 saturated heterocycles. The number of aryl methyl sites for hydroxylation is 1. The van der Waals surface area contributed by atoms with Gasteiger partial charge in [-0.05, 0) is 31.0 Å². The molecule has 0 aliphatic carbocycles. The molecule has 1 heterocycles. The minimum atomic E-state index is -3.76. The van der Waals surface area contributed by atoms with Gasteiger partial charge < -0.3 is 0 Å². The van der Waals surface area contributed by atoms with Gasteiger partial charge in [-0.1, -0.05) is 55.1 Å². The number of nitrogens with zero attached hydrogens (tertiary/aromatic N) is 3. The van der Waals surface area contributed by atoms with Gasteiger partial charge in [-0.25, -0.2) is 16.8 Å². The van der Waals surface area contributed by atoms with Gasteiger partial charge in [0.05, 0.1) is 17.8 Å². The Morgan fingerprint density at radius 3 is 2.30 bits per heavy atom. The predicted octanol–water partition coefficient (Wildman–Crippen LogP) is 3.05. The van der Waals surface area contributed by atoms with Crippen LogP contribution in [0.4, 0.5) is 5.69 Å². The highest BCUT2D eigenvalue weighted by atomic mass is 32.2. The van der Waals surface area contributed by atoms with E-state index in [4.69, 9.17) is 0 Å². The highest BCUT2D eigenvalue weighted by Crippen LogP contribution is 2.30. The number of carbonyl (C=O) groups is 1. The number of anilines is 1. The molecule has 0 amide bonds. The summed E-state index contributed by atoms with van der Waals surface area (Å²) in [5.74, 6) is -0.143. The van der Waals surface area contributed by atoms with Crippen LogP contribution in [0.15, 0.2) is 53.7 Å². The van der Waals surface area contributed by atoms with Gasteiger partial charge in [-0.2, -0.15) is 3.97 Å². The van der Waals surface area contributed by atoms with Crippen LogP contribution in [0.1, 0.15) is 29.8 Å². The topological polar surface area (TPSA) is 128 Å². The van der Waals surface area contributed by atoms with Crippen molar-refractivity contribution in [1.82, 2.24) is 14.2 Å². The first-order chi connectivity index (χ1) is 15.4. The summed E-state index contributed by atoms with van der Waals surface area (Å²) in [5, 5.41) is 7.47. The van der Waals surface area contributed by atoms with Gasteiger partial charge in [0.15, 0.2) is 11.6 Å². The van der Waals surface area contributed by atoms with Crippen LogP contribution in [0.25, 0.3) is 11.4 Å². The van der Waals surface area contributed by atoms with Crippen LogP contribution < -0.4 is 4.72 Å². The number of aromatic nitrogens is 3. The van der Waals surface area contributed by atoms with Crippen LogP contribution in [0, 0.1) is 0 Å². The molecule has 3 aromatic rings. The highest BCUT2D eigenvalue weighted by molar-refractivity contribution is 8.01. The van der Waals surface area contributed by atoms with E-state index < -0.39 is 25.3 Å². The Hall–Kier alpha value is -2.70. The molecule has 176 valence electrons. The van der Waals surface area contributed by atoms with Crippen molar-refractivity contribution in [3.63, 3.8) is 0 Å². The molecule has 0 fully saturated rings. The molecule has 3 rings (SSSR count).